The molecule has 1 saturated heterocycles. The number of halogens is 3. The summed E-state index contributed by atoms with van der Waals surface area (Å²) < 4.78 is 37.9. The SMILES string of the molecule is CC1(NC(=O)c2cccc(C(F)(F)F)c2)CCNCC1. The fraction of sp³-hybridized carbons (Fsp3) is 0.500. The van der Waals surface area contributed by atoms with Gasteiger partial charge in [0.2, 0.25) is 0 Å². The molecule has 0 saturated carbocycles. The van der Waals surface area contributed by atoms with E-state index in [4.69, 9.17) is 0 Å². The number of carbonyl (C=O) groups is 1. The minimum absolute atomic E-state index is 0.0413. The Morgan fingerprint density at radius 3 is 2.55 bits per heavy atom. The van der Waals surface area contributed by atoms with E-state index >= 15 is 0 Å². The van der Waals surface area contributed by atoms with Crippen LogP contribution in [0.5, 0.6) is 0 Å². The molecule has 1 aliphatic heterocycles. The van der Waals surface area contributed by atoms with Crippen molar-refractivity contribution in [2.45, 2.75) is 31.5 Å². The summed E-state index contributed by atoms with van der Waals surface area (Å²) in [4.78, 5) is 12.1. The zero-order valence-corrected chi connectivity index (χ0v) is 11.2. The highest BCUT2D eigenvalue weighted by Gasteiger charge is 2.32. The van der Waals surface area contributed by atoms with Crippen LogP contribution in [0.3, 0.4) is 0 Å². The van der Waals surface area contributed by atoms with Crippen LogP contribution in [0.4, 0.5) is 13.2 Å². The molecule has 1 amide bonds. The van der Waals surface area contributed by atoms with Gasteiger partial charge in [-0.25, -0.2) is 0 Å². The summed E-state index contributed by atoms with van der Waals surface area (Å²) in [6.07, 6.45) is -2.91. The van der Waals surface area contributed by atoms with Gasteiger partial charge in [0.05, 0.1) is 5.56 Å². The van der Waals surface area contributed by atoms with Gasteiger partial charge in [0, 0.05) is 11.1 Å². The summed E-state index contributed by atoms with van der Waals surface area (Å²) in [6, 6.07) is 4.50. The number of hydrogen-bond acceptors (Lipinski definition) is 2. The van der Waals surface area contributed by atoms with Crippen molar-refractivity contribution < 1.29 is 18.0 Å². The van der Waals surface area contributed by atoms with Gasteiger partial charge in [-0.3, -0.25) is 4.79 Å². The molecular weight excluding hydrogens is 269 g/mol. The highest BCUT2D eigenvalue weighted by atomic mass is 19.4. The lowest BCUT2D eigenvalue weighted by Crippen LogP contribution is -2.52. The van der Waals surface area contributed by atoms with Gasteiger partial charge in [0.25, 0.3) is 5.91 Å². The van der Waals surface area contributed by atoms with E-state index in [1.165, 1.54) is 12.1 Å². The summed E-state index contributed by atoms with van der Waals surface area (Å²) in [7, 11) is 0. The Labute approximate surface area is 115 Å². The molecule has 20 heavy (non-hydrogen) atoms. The summed E-state index contributed by atoms with van der Waals surface area (Å²) in [5, 5.41) is 6.03. The van der Waals surface area contributed by atoms with E-state index in [1.54, 1.807) is 0 Å². The summed E-state index contributed by atoms with van der Waals surface area (Å²) >= 11 is 0. The van der Waals surface area contributed by atoms with Crippen LogP contribution in [0.2, 0.25) is 0 Å². The fourth-order valence-electron chi connectivity index (χ4n) is 2.29. The molecule has 1 heterocycles. The molecular formula is C14H17F3N2O. The van der Waals surface area contributed by atoms with E-state index in [0.717, 1.165) is 38.1 Å². The Morgan fingerprint density at radius 1 is 1.30 bits per heavy atom. The van der Waals surface area contributed by atoms with Crippen molar-refractivity contribution in [2.75, 3.05) is 13.1 Å². The van der Waals surface area contributed by atoms with Crippen molar-refractivity contribution in [3.05, 3.63) is 35.4 Å². The largest absolute Gasteiger partial charge is 0.416 e. The first kappa shape index (κ1) is 14.8. The van der Waals surface area contributed by atoms with Gasteiger partial charge in [-0.15, -0.1) is 0 Å². The number of carbonyl (C=O) groups excluding carboxylic acids is 1. The van der Waals surface area contributed by atoms with Gasteiger partial charge in [0.1, 0.15) is 0 Å². The molecule has 0 aliphatic carbocycles. The molecule has 0 aromatic heterocycles. The molecule has 1 aromatic carbocycles. The van der Waals surface area contributed by atoms with E-state index in [0.29, 0.717) is 0 Å². The average molecular weight is 286 g/mol. The molecule has 0 unspecified atom stereocenters. The minimum Gasteiger partial charge on any atom is -0.347 e. The van der Waals surface area contributed by atoms with E-state index in [-0.39, 0.29) is 11.1 Å². The Bertz CT molecular complexity index is 493. The van der Waals surface area contributed by atoms with Crippen molar-refractivity contribution in [3.8, 4) is 0 Å². The van der Waals surface area contributed by atoms with Crippen LogP contribution in [0, 0.1) is 0 Å². The Balaban J connectivity index is 2.13. The molecule has 6 heteroatoms. The molecule has 1 aliphatic rings. The van der Waals surface area contributed by atoms with Crippen molar-refractivity contribution in [1.82, 2.24) is 10.6 Å². The van der Waals surface area contributed by atoms with E-state index < -0.39 is 17.6 Å². The number of nitrogens with one attached hydrogen (secondary N) is 2. The molecule has 0 radical (unpaired) electrons. The standard InChI is InChI=1S/C14H17F3N2O/c1-13(5-7-18-8-6-13)19-12(20)10-3-2-4-11(9-10)14(15,16)17/h2-4,9,18H,5-8H2,1H3,(H,19,20). The summed E-state index contributed by atoms with van der Waals surface area (Å²) in [5.41, 5.74) is -1.13. The normalized spacial score (nSPS) is 18.6. The van der Waals surface area contributed by atoms with Crippen LogP contribution < -0.4 is 10.6 Å². The topological polar surface area (TPSA) is 41.1 Å². The number of piperidine rings is 1. The molecule has 2 rings (SSSR count). The molecule has 110 valence electrons. The quantitative estimate of drug-likeness (QED) is 0.877. The minimum atomic E-state index is -4.44. The van der Waals surface area contributed by atoms with Gasteiger partial charge in [-0.1, -0.05) is 6.07 Å². The molecule has 3 nitrogen and oxygen atoms in total. The maximum Gasteiger partial charge on any atom is 0.416 e. The molecule has 0 atom stereocenters. The summed E-state index contributed by atoms with van der Waals surface area (Å²) in [6.45, 7) is 3.50. The predicted octanol–water partition coefficient (Wildman–Crippen LogP) is 2.58. The number of hydrogen-bond donors (Lipinski definition) is 2. The van der Waals surface area contributed by atoms with Crippen molar-refractivity contribution in [3.63, 3.8) is 0 Å². The van der Waals surface area contributed by atoms with Crippen LogP contribution in [-0.4, -0.2) is 24.5 Å². The molecule has 1 aromatic rings. The molecule has 2 N–H and O–H groups in total. The lowest BCUT2D eigenvalue weighted by Gasteiger charge is -2.35. The first-order valence-corrected chi connectivity index (χ1v) is 6.51. The van der Waals surface area contributed by atoms with Gasteiger partial charge >= 0.3 is 6.18 Å². The first-order valence-electron chi connectivity index (χ1n) is 6.51. The maximum absolute atomic E-state index is 12.6. The van der Waals surface area contributed by atoms with Crippen LogP contribution in [0.15, 0.2) is 24.3 Å². The van der Waals surface area contributed by atoms with Crippen LogP contribution in [0.25, 0.3) is 0 Å². The van der Waals surface area contributed by atoms with Crippen molar-refractivity contribution >= 4 is 5.91 Å². The molecule has 1 fully saturated rings. The number of alkyl halides is 3. The summed E-state index contributed by atoms with van der Waals surface area (Å²) in [5.74, 6) is -0.458. The second-order valence-electron chi connectivity index (χ2n) is 5.34. The Kier molecular flexibility index (Phi) is 4.04. The van der Waals surface area contributed by atoms with Gasteiger partial charge in [0.15, 0.2) is 0 Å². The first-order chi connectivity index (χ1) is 9.30. The Hall–Kier alpha value is -1.56. The average Bonchev–Trinajstić information content (AvgIpc) is 2.38. The van der Waals surface area contributed by atoms with Gasteiger partial charge < -0.3 is 10.6 Å². The van der Waals surface area contributed by atoms with Crippen molar-refractivity contribution in [2.24, 2.45) is 0 Å². The van der Waals surface area contributed by atoms with E-state index in [9.17, 15) is 18.0 Å². The second kappa shape index (κ2) is 5.44. The lowest BCUT2D eigenvalue weighted by molar-refractivity contribution is -0.137. The van der Waals surface area contributed by atoms with Crippen LogP contribution in [-0.2, 0) is 6.18 Å². The zero-order valence-electron chi connectivity index (χ0n) is 11.2. The fourth-order valence-corrected chi connectivity index (χ4v) is 2.29. The lowest BCUT2D eigenvalue weighted by atomic mass is 9.90. The zero-order chi connectivity index (χ0) is 14.8. The van der Waals surface area contributed by atoms with Crippen molar-refractivity contribution in [1.29, 1.82) is 0 Å². The third kappa shape index (κ3) is 3.50. The highest BCUT2D eigenvalue weighted by Crippen LogP contribution is 2.29. The Morgan fingerprint density at radius 2 is 1.95 bits per heavy atom. The smallest absolute Gasteiger partial charge is 0.347 e. The monoisotopic (exact) mass is 286 g/mol. The molecule has 0 spiro atoms. The maximum atomic E-state index is 12.6. The third-order valence-electron chi connectivity index (χ3n) is 3.57. The van der Waals surface area contributed by atoms with Crippen LogP contribution in [0.1, 0.15) is 35.7 Å². The van der Waals surface area contributed by atoms with Crippen LogP contribution >= 0.6 is 0 Å². The molecule has 0 bridgehead atoms. The predicted molar refractivity (Wildman–Crippen MR) is 69.4 cm³/mol. The number of rotatable bonds is 2. The highest BCUT2D eigenvalue weighted by molar-refractivity contribution is 5.94. The number of benzene rings is 1. The second-order valence-corrected chi connectivity index (χ2v) is 5.34. The van der Waals surface area contributed by atoms with E-state index in [1.807, 2.05) is 6.92 Å². The van der Waals surface area contributed by atoms with Gasteiger partial charge in [-0.2, -0.15) is 13.2 Å². The number of amides is 1. The van der Waals surface area contributed by atoms with E-state index in [2.05, 4.69) is 10.6 Å². The van der Waals surface area contributed by atoms with Gasteiger partial charge in [-0.05, 0) is 51.1 Å². The third-order valence-corrected chi connectivity index (χ3v) is 3.57.